The number of halogens is 4. The highest BCUT2D eigenvalue weighted by molar-refractivity contribution is 7.99. The molecule has 3 rings (SSSR count). The normalized spacial score (nSPS) is 19.6. The summed E-state index contributed by atoms with van der Waals surface area (Å²) in [6.45, 7) is 1.89. The maximum atomic E-state index is 13.4. The van der Waals surface area contributed by atoms with E-state index in [-0.39, 0.29) is 21.3 Å². The molecule has 0 bridgehead atoms. The molecule has 0 aromatic heterocycles. The minimum absolute atomic E-state index is 0.0727. The smallest absolute Gasteiger partial charge is 0.374 e. The van der Waals surface area contributed by atoms with Gasteiger partial charge in [-0.15, -0.1) is 11.8 Å². The number of nitrogens with one attached hydrogen (secondary N) is 1. The third-order valence-electron chi connectivity index (χ3n) is 3.92. The average Bonchev–Trinajstić information content (AvgIpc) is 2.61. The lowest BCUT2D eigenvalue weighted by molar-refractivity contribution is -0.139. The molecule has 1 fully saturated rings. The molecule has 2 aromatic carbocycles. The molecule has 1 N–H and O–H groups in total. The van der Waals surface area contributed by atoms with E-state index < -0.39 is 11.7 Å². The van der Waals surface area contributed by atoms with Crippen LogP contribution in [0.3, 0.4) is 0 Å². The zero-order valence-electron chi connectivity index (χ0n) is 13.2. The maximum Gasteiger partial charge on any atom is 0.417 e. The van der Waals surface area contributed by atoms with Crippen LogP contribution in [0.5, 0.6) is 0 Å². The Balaban J connectivity index is 1.96. The van der Waals surface area contributed by atoms with Crippen LogP contribution in [0.15, 0.2) is 53.4 Å². The van der Waals surface area contributed by atoms with E-state index in [2.05, 4.69) is 5.32 Å². The summed E-state index contributed by atoms with van der Waals surface area (Å²) in [5.74, 6) is 0. The largest absolute Gasteiger partial charge is 0.417 e. The Labute approximate surface area is 153 Å². The lowest BCUT2D eigenvalue weighted by Crippen LogP contribution is -2.41. The van der Waals surface area contributed by atoms with Crippen molar-refractivity contribution < 1.29 is 17.9 Å². The average molecular weight is 388 g/mol. The topological polar surface area (TPSA) is 21.3 Å². The summed E-state index contributed by atoms with van der Waals surface area (Å²) in [6, 6.07) is 13.4. The van der Waals surface area contributed by atoms with Crippen LogP contribution in [-0.4, -0.2) is 25.8 Å². The van der Waals surface area contributed by atoms with Gasteiger partial charge in [0.15, 0.2) is 0 Å². The van der Waals surface area contributed by atoms with E-state index in [1.807, 2.05) is 30.3 Å². The number of morpholine rings is 1. The molecule has 1 aliphatic heterocycles. The van der Waals surface area contributed by atoms with Crippen LogP contribution < -0.4 is 5.32 Å². The number of thioether (sulfide) groups is 1. The standard InChI is InChI=1S/C18H17ClF3NOS/c19-13-6-7-16(14(10-13)18(20,21)22)25-17(12-4-2-1-3-5-12)15-11-23-8-9-24-15/h1-7,10,15,17,23H,8-9,11H2/t15-,17-/m0/s1. The molecule has 2 aromatic rings. The number of hydrogen-bond acceptors (Lipinski definition) is 3. The number of hydrogen-bond donors (Lipinski definition) is 1. The molecular formula is C18H17ClF3NOS. The van der Waals surface area contributed by atoms with E-state index in [0.717, 1.165) is 18.2 Å². The summed E-state index contributed by atoms with van der Waals surface area (Å²) in [5, 5.41) is 3.06. The quantitative estimate of drug-likeness (QED) is 0.730. The van der Waals surface area contributed by atoms with Crippen LogP contribution >= 0.6 is 23.4 Å². The first kappa shape index (κ1) is 18.6. The van der Waals surface area contributed by atoms with Gasteiger partial charge in [0.25, 0.3) is 0 Å². The van der Waals surface area contributed by atoms with Gasteiger partial charge in [-0.2, -0.15) is 13.2 Å². The van der Waals surface area contributed by atoms with Crippen LogP contribution in [0.25, 0.3) is 0 Å². The molecule has 0 unspecified atom stereocenters. The van der Waals surface area contributed by atoms with Gasteiger partial charge in [0, 0.05) is 23.0 Å². The second-order valence-corrected chi connectivity index (χ2v) is 7.32. The summed E-state index contributed by atoms with van der Waals surface area (Å²) < 4.78 is 46.0. The van der Waals surface area contributed by atoms with Crippen LogP contribution in [0.2, 0.25) is 5.02 Å². The fourth-order valence-corrected chi connectivity index (χ4v) is 4.26. The Morgan fingerprint density at radius 2 is 1.92 bits per heavy atom. The zero-order chi connectivity index (χ0) is 17.9. The fourth-order valence-electron chi connectivity index (χ4n) is 2.74. The predicted octanol–water partition coefficient (Wildman–Crippen LogP) is 5.18. The van der Waals surface area contributed by atoms with E-state index in [9.17, 15) is 13.2 Å². The van der Waals surface area contributed by atoms with Crippen molar-refractivity contribution in [3.8, 4) is 0 Å². The van der Waals surface area contributed by atoms with Gasteiger partial charge >= 0.3 is 6.18 Å². The SMILES string of the molecule is FC(F)(F)c1cc(Cl)ccc1S[C@@H](c1ccccc1)[C@@H]1CNCCO1. The molecule has 0 radical (unpaired) electrons. The molecule has 0 spiro atoms. The first-order valence-electron chi connectivity index (χ1n) is 7.86. The van der Waals surface area contributed by atoms with Crippen molar-refractivity contribution in [2.24, 2.45) is 0 Å². The molecule has 2 atom stereocenters. The Morgan fingerprint density at radius 1 is 1.16 bits per heavy atom. The molecule has 0 aliphatic carbocycles. The van der Waals surface area contributed by atoms with Gasteiger partial charge < -0.3 is 10.1 Å². The minimum Gasteiger partial charge on any atom is -0.374 e. The van der Waals surface area contributed by atoms with Gasteiger partial charge in [-0.05, 0) is 23.8 Å². The second kappa shape index (κ2) is 7.99. The summed E-state index contributed by atoms with van der Waals surface area (Å²) in [4.78, 5) is 0.153. The maximum absolute atomic E-state index is 13.4. The molecule has 0 amide bonds. The molecule has 25 heavy (non-hydrogen) atoms. The van der Waals surface area contributed by atoms with Crippen molar-refractivity contribution in [1.29, 1.82) is 0 Å². The highest BCUT2D eigenvalue weighted by atomic mass is 35.5. The van der Waals surface area contributed by atoms with Gasteiger partial charge in [0.1, 0.15) is 0 Å². The summed E-state index contributed by atoms with van der Waals surface area (Å²) in [6.07, 6.45) is -4.67. The van der Waals surface area contributed by atoms with Crippen molar-refractivity contribution in [2.45, 2.75) is 22.4 Å². The van der Waals surface area contributed by atoms with Gasteiger partial charge in [0.2, 0.25) is 0 Å². The summed E-state index contributed by atoms with van der Waals surface area (Å²) >= 11 is 6.95. The van der Waals surface area contributed by atoms with Crippen molar-refractivity contribution >= 4 is 23.4 Å². The van der Waals surface area contributed by atoms with Crippen LogP contribution in [0, 0.1) is 0 Å². The van der Waals surface area contributed by atoms with E-state index in [0.29, 0.717) is 13.2 Å². The Hall–Kier alpha value is -1.21. The Morgan fingerprint density at radius 3 is 2.56 bits per heavy atom. The predicted molar refractivity (Wildman–Crippen MR) is 94.1 cm³/mol. The first-order valence-corrected chi connectivity index (χ1v) is 9.11. The zero-order valence-corrected chi connectivity index (χ0v) is 14.8. The van der Waals surface area contributed by atoms with E-state index in [1.165, 1.54) is 23.9 Å². The van der Waals surface area contributed by atoms with Crippen molar-refractivity contribution in [1.82, 2.24) is 5.32 Å². The Kier molecular flexibility index (Phi) is 5.94. The van der Waals surface area contributed by atoms with Crippen molar-refractivity contribution in [3.05, 3.63) is 64.7 Å². The molecule has 1 heterocycles. The van der Waals surface area contributed by atoms with Gasteiger partial charge in [-0.25, -0.2) is 0 Å². The lowest BCUT2D eigenvalue weighted by Gasteiger charge is -2.31. The van der Waals surface area contributed by atoms with Crippen LogP contribution in [0.1, 0.15) is 16.4 Å². The molecule has 2 nitrogen and oxygen atoms in total. The number of alkyl halides is 3. The number of rotatable bonds is 4. The third-order valence-corrected chi connectivity index (χ3v) is 5.60. The van der Waals surface area contributed by atoms with Crippen molar-refractivity contribution in [3.63, 3.8) is 0 Å². The molecular weight excluding hydrogens is 371 g/mol. The summed E-state index contributed by atoms with van der Waals surface area (Å²) in [5.41, 5.74) is 0.221. The summed E-state index contributed by atoms with van der Waals surface area (Å²) in [7, 11) is 0. The second-order valence-electron chi connectivity index (χ2n) is 5.70. The molecule has 1 saturated heterocycles. The van der Waals surface area contributed by atoms with Gasteiger partial charge in [-0.1, -0.05) is 41.9 Å². The minimum atomic E-state index is -4.46. The van der Waals surface area contributed by atoms with E-state index >= 15 is 0 Å². The van der Waals surface area contributed by atoms with Gasteiger partial charge in [-0.3, -0.25) is 0 Å². The third kappa shape index (κ3) is 4.70. The van der Waals surface area contributed by atoms with Crippen LogP contribution in [0.4, 0.5) is 13.2 Å². The highest BCUT2D eigenvalue weighted by Crippen LogP contribution is 2.45. The monoisotopic (exact) mass is 387 g/mol. The molecule has 0 saturated carbocycles. The molecule has 1 aliphatic rings. The number of benzene rings is 2. The first-order chi connectivity index (χ1) is 11.9. The molecule has 7 heteroatoms. The van der Waals surface area contributed by atoms with Crippen LogP contribution in [-0.2, 0) is 10.9 Å². The highest BCUT2D eigenvalue weighted by Gasteiger charge is 2.36. The van der Waals surface area contributed by atoms with E-state index in [1.54, 1.807) is 0 Å². The Bertz CT molecular complexity index is 705. The van der Waals surface area contributed by atoms with Crippen molar-refractivity contribution in [2.75, 3.05) is 19.7 Å². The lowest BCUT2D eigenvalue weighted by atomic mass is 10.1. The molecule has 134 valence electrons. The number of ether oxygens (including phenoxy) is 1. The fraction of sp³-hybridized carbons (Fsp3) is 0.333. The van der Waals surface area contributed by atoms with Gasteiger partial charge in [0.05, 0.1) is 23.5 Å². The van der Waals surface area contributed by atoms with E-state index in [4.69, 9.17) is 16.3 Å².